The molecule has 0 saturated carbocycles. The molecule has 0 bridgehead atoms. The van der Waals surface area contributed by atoms with Crippen LogP contribution in [0.2, 0.25) is 0 Å². The number of carbonyl (C=O) groups excluding carboxylic acids is 1. The number of rotatable bonds is 3. The van der Waals surface area contributed by atoms with Gasteiger partial charge in [-0.15, -0.1) is 0 Å². The second-order valence-corrected chi connectivity index (χ2v) is 3.61. The Morgan fingerprint density at radius 1 is 1.50 bits per heavy atom. The molecule has 0 amide bonds. The van der Waals surface area contributed by atoms with E-state index < -0.39 is 0 Å². The second kappa shape index (κ2) is 4.45. The smallest absolute Gasteiger partial charge is 0.120 e. The predicted octanol–water partition coefficient (Wildman–Crippen LogP) is 2.13. The molecule has 0 aliphatic rings. The quantitative estimate of drug-likeness (QED) is 0.678. The lowest BCUT2D eigenvalue weighted by molar-refractivity contribution is -0.107. The number of aldehydes is 1. The fraction of sp³-hybridized carbons (Fsp3) is 0.222. The lowest BCUT2D eigenvalue weighted by Crippen LogP contribution is -1.90. The van der Waals surface area contributed by atoms with Crippen LogP contribution in [0.1, 0.15) is 12.0 Å². The Balaban J connectivity index is 2.88. The summed E-state index contributed by atoms with van der Waals surface area (Å²) >= 11 is 2.15. The van der Waals surface area contributed by atoms with Crippen LogP contribution in [0.25, 0.3) is 0 Å². The molecule has 1 aromatic rings. The van der Waals surface area contributed by atoms with Gasteiger partial charge in [-0.1, -0.05) is 6.07 Å². The summed E-state index contributed by atoms with van der Waals surface area (Å²) in [5.41, 5.74) is 0.866. The largest absolute Gasteiger partial charge is 0.508 e. The highest BCUT2D eigenvalue weighted by Gasteiger charge is 2.03. The highest BCUT2D eigenvalue weighted by atomic mass is 127. The average Bonchev–Trinajstić information content (AvgIpc) is 2.04. The Morgan fingerprint density at radius 3 is 2.83 bits per heavy atom. The molecule has 12 heavy (non-hydrogen) atoms. The molecular formula is C9H9IO2. The average molecular weight is 276 g/mol. The lowest BCUT2D eigenvalue weighted by atomic mass is 10.1. The van der Waals surface area contributed by atoms with Crippen LogP contribution in [0.4, 0.5) is 0 Å². The first-order valence-corrected chi connectivity index (χ1v) is 4.73. The first-order chi connectivity index (χ1) is 5.75. The van der Waals surface area contributed by atoms with Gasteiger partial charge in [-0.2, -0.15) is 0 Å². The van der Waals surface area contributed by atoms with Crippen molar-refractivity contribution in [1.82, 2.24) is 0 Å². The Labute approximate surface area is 84.7 Å². The molecule has 3 heteroatoms. The Morgan fingerprint density at radius 2 is 2.25 bits per heavy atom. The molecule has 64 valence electrons. The highest BCUT2D eigenvalue weighted by molar-refractivity contribution is 14.1. The first kappa shape index (κ1) is 9.51. The number of benzene rings is 1. The van der Waals surface area contributed by atoms with Crippen LogP contribution in [-0.4, -0.2) is 11.4 Å². The third kappa shape index (κ3) is 2.20. The van der Waals surface area contributed by atoms with Gasteiger partial charge in [0.25, 0.3) is 0 Å². The van der Waals surface area contributed by atoms with E-state index in [4.69, 9.17) is 0 Å². The van der Waals surface area contributed by atoms with Gasteiger partial charge in [0.05, 0.1) is 0 Å². The summed E-state index contributed by atoms with van der Waals surface area (Å²) in [5.74, 6) is 0.281. The van der Waals surface area contributed by atoms with Crippen LogP contribution in [0.3, 0.4) is 0 Å². The standard InChI is InChI=1S/C9H9IO2/c10-8-4-1-5-9(12)7(8)3-2-6-11/h1,4-6,12H,2-3H2. The SMILES string of the molecule is O=CCCc1c(O)cccc1I. The first-order valence-electron chi connectivity index (χ1n) is 3.65. The van der Waals surface area contributed by atoms with E-state index in [2.05, 4.69) is 22.6 Å². The van der Waals surface area contributed by atoms with Crippen molar-refractivity contribution in [3.63, 3.8) is 0 Å². The lowest BCUT2D eigenvalue weighted by Gasteiger charge is -2.03. The summed E-state index contributed by atoms with van der Waals surface area (Å²) in [6.45, 7) is 0. The second-order valence-electron chi connectivity index (χ2n) is 2.44. The van der Waals surface area contributed by atoms with Gasteiger partial charge in [-0.3, -0.25) is 0 Å². The van der Waals surface area contributed by atoms with E-state index in [0.717, 1.165) is 15.4 Å². The van der Waals surface area contributed by atoms with Gasteiger partial charge in [0.15, 0.2) is 0 Å². The Bertz CT molecular complexity index is 264. The van der Waals surface area contributed by atoms with Crippen LogP contribution < -0.4 is 0 Å². The van der Waals surface area contributed by atoms with Crippen molar-refractivity contribution >= 4 is 28.9 Å². The molecule has 0 radical (unpaired) electrons. The number of phenols is 1. The van der Waals surface area contributed by atoms with Crippen LogP contribution in [0.15, 0.2) is 18.2 Å². The summed E-state index contributed by atoms with van der Waals surface area (Å²) in [7, 11) is 0. The van der Waals surface area contributed by atoms with Crippen LogP contribution in [-0.2, 0) is 11.2 Å². The normalized spacial score (nSPS) is 9.75. The maximum Gasteiger partial charge on any atom is 0.120 e. The summed E-state index contributed by atoms with van der Waals surface area (Å²) in [6, 6.07) is 5.35. The molecule has 0 heterocycles. The van der Waals surface area contributed by atoms with Crippen LogP contribution in [0.5, 0.6) is 5.75 Å². The summed E-state index contributed by atoms with van der Waals surface area (Å²) in [4.78, 5) is 10.1. The number of aromatic hydroxyl groups is 1. The minimum Gasteiger partial charge on any atom is -0.508 e. The summed E-state index contributed by atoms with van der Waals surface area (Å²) < 4.78 is 1.01. The number of halogens is 1. The van der Waals surface area contributed by atoms with Gasteiger partial charge < -0.3 is 9.90 Å². The van der Waals surface area contributed by atoms with E-state index in [0.29, 0.717) is 12.8 Å². The van der Waals surface area contributed by atoms with E-state index in [1.54, 1.807) is 12.1 Å². The predicted molar refractivity (Wildman–Crippen MR) is 55.2 cm³/mol. The number of phenolic OH excluding ortho intramolecular Hbond substituents is 1. The van der Waals surface area contributed by atoms with Crippen molar-refractivity contribution in [2.75, 3.05) is 0 Å². The maximum atomic E-state index is 10.1. The molecule has 0 aliphatic heterocycles. The zero-order valence-electron chi connectivity index (χ0n) is 6.46. The van der Waals surface area contributed by atoms with E-state index in [1.165, 1.54) is 0 Å². The number of hydrogen-bond acceptors (Lipinski definition) is 2. The third-order valence-electron chi connectivity index (χ3n) is 1.61. The Kier molecular flexibility index (Phi) is 3.52. The molecule has 1 N–H and O–H groups in total. The van der Waals surface area contributed by atoms with Gasteiger partial charge in [0.1, 0.15) is 12.0 Å². The monoisotopic (exact) mass is 276 g/mol. The van der Waals surface area contributed by atoms with E-state index in [9.17, 15) is 9.90 Å². The van der Waals surface area contributed by atoms with Crippen molar-refractivity contribution in [1.29, 1.82) is 0 Å². The maximum absolute atomic E-state index is 10.1. The van der Waals surface area contributed by atoms with E-state index in [1.807, 2.05) is 6.07 Å². The van der Waals surface area contributed by atoms with E-state index >= 15 is 0 Å². The molecule has 1 rings (SSSR count). The summed E-state index contributed by atoms with van der Waals surface area (Å²) in [6.07, 6.45) is 1.95. The number of hydrogen-bond donors (Lipinski definition) is 1. The fourth-order valence-electron chi connectivity index (χ4n) is 0.998. The third-order valence-corrected chi connectivity index (χ3v) is 2.62. The minimum absolute atomic E-state index is 0.281. The molecule has 0 unspecified atom stereocenters. The Hall–Kier alpha value is -0.580. The van der Waals surface area contributed by atoms with Gasteiger partial charge in [0.2, 0.25) is 0 Å². The molecule has 0 saturated heterocycles. The highest BCUT2D eigenvalue weighted by Crippen LogP contribution is 2.23. The minimum atomic E-state index is 0.281. The van der Waals surface area contributed by atoms with Gasteiger partial charge in [0, 0.05) is 15.6 Å². The van der Waals surface area contributed by atoms with Gasteiger partial charge >= 0.3 is 0 Å². The van der Waals surface area contributed by atoms with Crippen molar-refractivity contribution < 1.29 is 9.90 Å². The fourth-order valence-corrected chi connectivity index (χ4v) is 1.75. The zero-order valence-corrected chi connectivity index (χ0v) is 8.61. The van der Waals surface area contributed by atoms with Crippen LogP contribution >= 0.6 is 22.6 Å². The molecule has 0 atom stereocenters. The van der Waals surface area contributed by atoms with Crippen LogP contribution in [0, 0.1) is 3.57 Å². The molecule has 2 nitrogen and oxygen atoms in total. The molecule has 0 aromatic heterocycles. The molecular weight excluding hydrogens is 267 g/mol. The number of carbonyl (C=O) groups is 1. The molecule has 0 spiro atoms. The molecule has 0 fully saturated rings. The molecule has 1 aromatic carbocycles. The van der Waals surface area contributed by atoms with E-state index in [-0.39, 0.29) is 5.75 Å². The molecule has 0 aliphatic carbocycles. The van der Waals surface area contributed by atoms with Gasteiger partial charge in [-0.25, -0.2) is 0 Å². The zero-order chi connectivity index (χ0) is 8.97. The van der Waals surface area contributed by atoms with Crippen molar-refractivity contribution in [2.45, 2.75) is 12.8 Å². The van der Waals surface area contributed by atoms with Gasteiger partial charge in [-0.05, 0) is 41.1 Å². The van der Waals surface area contributed by atoms with Crippen molar-refractivity contribution in [2.24, 2.45) is 0 Å². The van der Waals surface area contributed by atoms with Crippen molar-refractivity contribution in [3.05, 3.63) is 27.3 Å². The topological polar surface area (TPSA) is 37.3 Å². The summed E-state index contributed by atoms with van der Waals surface area (Å²) in [5, 5.41) is 9.40. The van der Waals surface area contributed by atoms with Crippen molar-refractivity contribution in [3.8, 4) is 5.75 Å².